The summed E-state index contributed by atoms with van der Waals surface area (Å²) in [4.78, 5) is 26.9. The first-order chi connectivity index (χ1) is 17.1. The minimum absolute atomic E-state index is 0.0603. The fourth-order valence-corrected chi connectivity index (χ4v) is 5.30. The molecule has 2 amide bonds. The average molecular weight is 508 g/mol. The summed E-state index contributed by atoms with van der Waals surface area (Å²) in [7, 11) is -3.89. The van der Waals surface area contributed by atoms with Gasteiger partial charge in [0, 0.05) is 37.8 Å². The van der Waals surface area contributed by atoms with Crippen LogP contribution < -0.4 is 15.5 Å². The Balaban J connectivity index is 1.71. The smallest absolute Gasteiger partial charge is 0.251 e. The van der Waals surface area contributed by atoms with Crippen molar-refractivity contribution in [3.8, 4) is 0 Å². The molecule has 0 saturated carbocycles. The van der Waals surface area contributed by atoms with Crippen LogP contribution in [0, 0.1) is 13.8 Å². The molecule has 0 aliphatic rings. The molecule has 0 aromatic heterocycles. The van der Waals surface area contributed by atoms with Crippen molar-refractivity contribution in [1.29, 1.82) is 0 Å². The number of hydrogen-bond acceptors (Lipinski definition) is 5. The molecule has 0 heterocycles. The van der Waals surface area contributed by atoms with Crippen LogP contribution in [-0.2, 0) is 14.6 Å². The summed E-state index contributed by atoms with van der Waals surface area (Å²) in [5, 5.41) is 5.45. The number of aryl methyl sites for hydroxylation is 2. The van der Waals surface area contributed by atoms with Crippen LogP contribution in [0.15, 0.2) is 76.5 Å². The van der Waals surface area contributed by atoms with E-state index in [0.29, 0.717) is 6.54 Å². The van der Waals surface area contributed by atoms with Gasteiger partial charge < -0.3 is 15.5 Å². The van der Waals surface area contributed by atoms with E-state index in [0.717, 1.165) is 30.8 Å². The van der Waals surface area contributed by atoms with E-state index in [-0.39, 0.29) is 26.9 Å². The Hall–Kier alpha value is -3.65. The number of amides is 2. The zero-order valence-corrected chi connectivity index (χ0v) is 22.0. The normalized spacial score (nSPS) is 11.1. The monoisotopic (exact) mass is 507 g/mol. The summed E-state index contributed by atoms with van der Waals surface area (Å²) >= 11 is 0. The highest BCUT2D eigenvalue weighted by Gasteiger charge is 2.23. The van der Waals surface area contributed by atoms with Gasteiger partial charge in [-0.05, 0) is 75.2 Å². The summed E-state index contributed by atoms with van der Waals surface area (Å²) in [6, 6.07) is 19.0. The van der Waals surface area contributed by atoms with Crippen LogP contribution in [0.2, 0.25) is 0 Å². The molecule has 0 aliphatic heterocycles. The van der Waals surface area contributed by atoms with Gasteiger partial charge in [0.2, 0.25) is 15.7 Å². The van der Waals surface area contributed by atoms with Crippen LogP contribution in [0.4, 0.5) is 11.4 Å². The predicted octanol–water partition coefficient (Wildman–Crippen LogP) is 4.74. The molecular formula is C28H33N3O4S. The maximum atomic E-state index is 13.2. The van der Waals surface area contributed by atoms with Crippen molar-refractivity contribution in [2.24, 2.45) is 0 Å². The minimum atomic E-state index is -3.89. The SMILES string of the molecule is CCN(CCCNC(=O)c1ccc(S(=O)(=O)c2ccc(C)cc2)c(NC(C)=O)c1)c1cccc(C)c1. The Morgan fingerprint density at radius 2 is 1.64 bits per heavy atom. The van der Waals surface area contributed by atoms with Gasteiger partial charge in [0.05, 0.1) is 15.5 Å². The molecule has 8 heteroatoms. The van der Waals surface area contributed by atoms with Crippen molar-refractivity contribution < 1.29 is 18.0 Å². The molecule has 0 aliphatic carbocycles. The van der Waals surface area contributed by atoms with Crippen LogP contribution in [0.25, 0.3) is 0 Å². The summed E-state index contributed by atoms with van der Waals surface area (Å²) in [5.74, 6) is -0.761. The lowest BCUT2D eigenvalue weighted by atomic mass is 10.1. The van der Waals surface area contributed by atoms with Crippen molar-refractivity contribution in [3.63, 3.8) is 0 Å². The Bertz CT molecular complexity index is 1340. The van der Waals surface area contributed by atoms with Crippen LogP contribution in [0.1, 0.15) is 41.8 Å². The molecule has 36 heavy (non-hydrogen) atoms. The van der Waals surface area contributed by atoms with Crippen LogP contribution in [-0.4, -0.2) is 39.9 Å². The van der Waals surface area contributed by atoms with Gasteiger partial charge in [-0.15, -0.1) is 0 Å². The molecule has 0 fully saturated rings. The fourth-order valence-electron chi connectivity index (χ4n) is 3.91. The van der Waals surface area contributed by atoms with E-state index < -0.39 is 15.7 Å². The maximum Gasteiger partial charge on any atom is 0.251 e. The van der Waals surface area contributed by atoms with E-state index in [2.05, 4.69) is 47.6 Å². The van der Waals surface area contributed by atoms with Gasteiger partial charge in [0.15, 0.2) is 0 Å². The first-order valence-corrected chi connectivity index (χ1v) is 13.4. The second-order valence-electron chi connectivity index (χ2n) is 8.74. The van der Waals surface area contributed by atoms with E-state index in [4.69, 9.17) is 0 Å². The summed E-state index contributed by atoms with van der Waals surface area (Å²) in [5.41, 5.74) is 3.63. The van der Waals surface area contributed by atoms with E-state index in [1.165, 1.54) is 42.8 Å². The predicted molar refractivity (Wildman–Crippen MR) is 143 cm³/mol. The van der Waals surface area contributed by atoms with Crippen molar-refractivity contribution in [2.75, 3.05) is 29.9 Å². The highest BCUT2D eigenvalue weighted by atomic mass is 32.2. The van der Waals surface area contributed by atoms with Crippen LogP contribution in [0.3, 0.4) is 0 Å². The molecule has 3 rings (SSSR count). The molecule has 0 saturated heterocycles. The van der Waals surface area contributed by atoms with E-state index in [1.54, 1.807) is 12.1 Å². The third-order valence-electron chi connectivity index (χ3n) is 5.81. The third kappa shape index (κ3) is 6.73. The van der Waals surface area contributed by atoms with Gasteiger partial charge in [-0.25, -0.2) is 8.42 Å². The number of carbonyl (C=O) groups is 2. The molecular weight excluding hydrogens is 474 g/mol. The van der Waals surface area contributed by atoms with Gasteiger partial charge in [-0.2, -0.15) is 0 Å². The topological polar surface area (TPSA) is 95.6 Å². The Morgan fingerprint density at radius 1 is 0.917 bits per heavy atom. The number of sulfone groups is 1. The number of nitrogens with one attached hydrogen (secondary N) is 2. The molecule has 0 bridgehead atoms. The minimum Gasteiger partial charge on any atom is -0.372 e. The molecule has 3 aromatic rings. The molecule has 3 aromatic carbocycles. The highest BCUT2D eigenvalue weighted by molar-refractivity contribution is 7.91. The lowest BCUT2D eigenvalue weighted by Crippen LogP contribution is -2.30. The van der Waals surface area contributed by atoms with Crippen LogP contribution in [0.5, 0.6) is 0 Å². The van der Waals surface area contributed by atoms with Crippen molar-refractivity contribution in [3.05, 3.63) is 83.4 Å². The number of hydrogen-bond donors (Lipinski definition) is 2. The molecule has 2 N–H and O–H groups in total. The lowest BCUT2D eigenvalue weighted by molar-refractivity contribution is -0.114. The number of carbonyl (C=O) groups excluding carboxylic acids is 2. The zero-order valence-electron chi connectivity index (χ0n) is 21.2. The quantitative estimate of drug-likeness (QED) is 0.387. The third-order valence-corrected chi connectivity index (χ3v) is 7.64. The second kappa shape index (κ2) is 11.9. The van der Waals surface area contributed by atoms with E-state index in [9.17, 15) is 18.0 Å². The molecule has 0 unspecified atom stereocenters. The first-order valence-electron chi connectivity index (χ1n) is 11.9. The Morgan fingerprint density at radius 3 is 2.28 bits per heavy atom. The summed E-state index contributed by atoms with van der Waals surface area (Å²) < 4.78 is 26.4. The van der Waals surface area contributed by atoms with Gasteiger partial charge in [-0.3, -0.25) is 9.59 Å². The molecule has 0 atom stereocenters. The molecule has 7 nitrogen and oxygen atoms in total. The van der Waals surface area contributed by atoms with Crippen molar-refractivity contribution in [1.82, 2.24) is 5.32 Å². The number of nitrogens with zero attached hydrogens (tertiary/aromatic N) is 1. The molecule has 0 radical (unpaired) electrons. The number of benzene rings is 3. The van der Waals surface area contributed by atoms with Gasteiger partial charge in [0.25, 0.3) is 5.91 Å². The zero-order chi connectivity index (χ0) is 26.3. The second-order valence-corrected chi connectivity index (χ2v) is 10.7. The maximum absolute atomic E-state index is 13.2. The van der Waals surface area contributed by atoms with Gasteiger partial charge >= 0.3 is 0 Å². The summed E-state index contributed by atoms with van der Waals surface area (Å²) in [6.07, 6.45) is 0.742. The van der Waals surface area contributed by atoms with Gasteiger partial charge in [0.1, 0.15) is 0 Å². The number of anilines is 2. The van der Waals surface area contributed by atoms with Crippen molar-refractivity contribution in [2.45, 2.75) is 43.9 Å². The van der Waals surface area contributed by atoms with Crippen LogP contribution >= 0.6 is 0 Å². The van der Waals surface area contributed by atoms with Gasteiger partial charge in [-0.1, -0.05) is 29.8 Å². The Kier molecular flexibility index (Phi) is 8.88. The lowest BCUT2D eigenvalue weighted by Gasteiger charge is -2.23. The summed E-state index contributed by atoms with van der Waals surface area (Å²) in [6.45, 7) is 9.41. The van der Waals surface area contributed by atoms with E-state index in [1.807, 2.05) is 13.0 Å². The van der Waals surface area contributed by atoms with E-state index >= 15 is 0 Å². The standard InChI is InChI=1S/C28H33N3O4S/c1-5-31(24-9-6-8-21(3)18-24)17-7-16-29-28(33)23-12-15-27(26(19-23)30-22(4)32)36(34,35)25-13-10-20(2)11-14-25/h6,8-15,18-19H,5,7,16-17H2,1-4H3,(H,29,33)(H,30,32). The number of rotatable bonds is 10. The fraction of sp³-hybridized carbons (Fsp3) is 0.286. The first kappa shape index (κ1) is 26.9. The van der Waals surface area contributed by atoms with Crippen molar-refractivity contribution >= 4 is 33.0 Å². The Labute approximate surface area is 213 Å². The molecule has 0 spiro atoms. The average Bonchev–Trinajstić information content (AvgIpc) is 2.83. The largest absolute Gasteiger partial charge is 0.372 e. The highest BCUT2D eigenvalue weighted by Crippen LogP contribution is 2.29. The molecule has 190 valence electrons.